The Morgan fingerprint density at radius 2 is 2.11 bits per heavy atom. The van der Waals surface area contributed by atoms with Gasteiger partial charge in [0.05, 0.1) is 0 Å². The van der Waals surface area contributed by atoms with E-state index in [1.165, 1.54) is 23.1 Å². The van der Waals surface area contributed by atoms with Crippen molar-refractivity contribution >= 4 is 18.0 Å². The molecule has 1 unspecified atom stereocenters. The Morgan fingerprint density at radius 1 is 1.37 bits per heavy atom. The number of aliphatic carboxylic acids is 1. The smallest absolute Gasteiger partial charge is 0.326 e. The van der Waals surface area contributed by atoms with Crippen molar-refractivity contribution in [2.75, 3.05) is 6.54 Å². The van der Waals surface area contributed by atoms with Gasteiger partial charge in [-0.2, -0.15) is 0 Å². The van der Waals surface area contributed by atoms with Crippen LogP contribution in [-0.4, -0.2) is 34.5 Å². The summed E-state index contributed by atoms with van der Waals surface area (Å²) in [7, 11) is 0. The number of rotatable bonds is 3. The van der Waals surface area contributed by atoms with Gasteiger partial charge in [0.25, 0.3) is 0 Å². The van der Waals surface area contributed by atoms with Crippen LogP contribution in [0.3, 0.4) is 0 Å². The summed E-state index contributed by atoms with van der Waals surface area (Å²) in [5, 5.41) is 8.98. The van der Waals surface area contributed by atoms with Crippen LogP contribution in [0.1, 0.15) is 18.4 Å². The Kier molecular flexibility index (Phi) is 3.94. The third-order valence-electron chi connectivity index (χ3n) is 3.13. The molecular weight excluding hydrogens is 249 g/mol. The largest absolute Gasteiger partial charge is 0.480 e. The number of benzene rings is 1. The number of carboxylic acid groups (broad SMARTS) is 1. The number of likely N-dealkylation sites (tertiary alicyclic amines) is 1. The van der Waals surface area contributed by atoms with Crippen LogP contribution >= 0.6 is 0 Å². The number of amides is 1. The van der Waals surface area contributed by atoms with E-state index in [1.807, 2.05) is 0 Å². The molecule has 1 aliphatic heterocycles. The number of carboxylic acids is 1. The maximum atomic E-state index is 13.4. The van der Waals surface area contributed by atoms with Crippen LogP contribution in [-0.2, 0) is 9.59 Å². The van der Waals surface area contributed by atoms with Gasteiger partial charge in [0.1, 0.15) is 11.9 Å². The molecule has 1 fully saturated rings. The number of hydrogen-bond acceptors (Lipinski definition) is 2. The Hall–Kier alpha value is -2.17. The molecule has 2 rings (SSSR count). The Labute approximate surface area is 110 Å². The highest BCUT2D eigenvalue weighted by Crippen LogP contribution is 2.18. The molecule has 4 nitrogen and oxygen atoms in total. The van der Waals surface area contributed by atoms with Gasteiger partial charge in [0.15, 0.2) is 0 Å². The zero-order chi connectivity index (χ0) is 13.8. The molecule has 1 atom stereocenters. The summed E-state index contributed by atoms with van der Waals surface area (Å²) in [5.41, 5.74) is 0.307. The van der Waals surface area contributed by atoms with Crippen LogP contribution in [0.25, 0.3) is 6.08 Å². The lowest BCUT2D eigenvalue weighted by molar-refractivity contribution is -0.146. The monoisotopic (exact) mass is 263 g/mol. The van der Waals surface area contributed by atoms with E-state index in [0.29, 0.717) is 24.9 Å². The van der Waals surface area contributed by atoms with Gasteiger partial charge in [-0.3, -0.25) is 4.79 Å². The summed E-state index contributed by atoms with van der Waals surface area (Å²) in [4.78, 5) is 24.2. The lowest BCUT2D eigenvalue weighted by Gasteiger charge is -2.19. The molecule has 0 bridgehead atoms. The highest BCUT2D eigenvalue weighted by Gasteiger charge is 2.32. The van der Waals surface area contributed by atoms with Gasteiger partial charge in [-0.1, -0.05) is 18.2 Å². The number of nitrogens with zero attached hydrogens (tertiary/aromatic N) is 1. The molecule has 0 saturated carbocycles. The van der Waals surface area contributed by atoms with Gasteiger partial charge in [-0.25, -0.2) is 9.18 Å². The van der Waals surface area contributed by atoms with Gasteiger partial charge < -0.3 is 10.0 Å². The van der Waals surface area contributed by atoms with E-state index in [2.05, 4.69) is 0 Å². The van der Waals surface area contributed by atoms with Gasteiger partial charge in [0.2, 0.25) is 5.91 Å². The summed E-state index contributed by atoms with van der Waals surface area (Å²) in [6, 6.07) is 5.33. The van der Waals surface area contributed by atoms with Gasteiger partial charge >= 0.3 is 5.97 Å². The number of halogens is 1. The summed E-state index contributed by atoms with van der Waals surface area (Å²) in [6.07, 6.45) is 3.74. The fourth-order valence-corrected chi connectivity index (χ4v) is 2.15. The van der Waals surface area contributed by atoms with Crippen LogP contribution in [0.5, 0.6) is 0 Å². The highest BCUT2D eigenvalue weighted by molar-refractivity contribution is 5.94. The van der Waals surface area contributed by atoms with Crippen molar-refractivity contribution in [3.05, 3.63) is 41.7 Å². The minimum atomic E-state index is -0.995. The quantitative estimate of drug-likeness (QED) is 0.847. The second-order valence-corrected chi connectivity index (χ2v) is 4.38. The van der Waals surface area contributed by atoms with Crippen molar-refractivity contribution in [2.24, 2.45) is 0 Å². The predicted octanol–water partition coefficient (Wildman–Crippen LogP) is 1.91. The molecule has 0 aliphatic carbocycles. The highest BCUT2D eigenvalue weighted by atomic mass is 19.1. The lowest BCUT2D eigenvalue weighted by atomic mass is 10.2. The molecule has 1 heterocycles. The van der Waals surface area contributed by atoms with Crippen LogP contribution in [0.4, 0.5) is 4.39 Å². The molecule has 0 radical (unpaired) electrons. The minimum Gasteiger partial charge on any atom is -0.480 e. The van der Waals surface area contributed by atoms with Crippen LogP contribution in [0.15, 0.2) is 30.3 Å². The van der Waals surface area contributed by atoms with E-state index in [1.54, 1.807) is 18.2 Å². The number of carbonyl (C=O) groups excluding carboxylic acids is 1. The molecule has 0 aromatic heterocycles. The topological polar surface area (TPSA) is 57.6 Å². The second-order valence-electron chi connectivity index (χ2n) is 4.38. The molecule has 1 amide bonds. The van der Waals surface area contributed by atoms with Crippen molar-refractivity contribution in [3.8, 4) is 0 Å². The first-order valence-corrected chi connectivity index (χ1v) is 6.05. The molecule has 1 saturated heterocycles. The van der Waals surface area contributed by atoms with E-state index in [-0.39, 0.29) is 0 Å². The standard InChI is InChI=1S/C14H14FNO3/c15-11-5-2-1-4-10(11)7-8-13(17)16-9-3-6-12(16)14(18)19/h1-2,4-5,7-8,12H,3,6,9H2,(H,18,19)/b8-7+. The average Bonchev–Trinajstić information content (AvgIpc) is 2.87. The van der Waals surface area contributed by atoms with Gasteiger partial charge in [-0.15, -0.1) is 0 Å². The third-order valence-corrected chi connectivity index (χ3v) is 3.13. The summed E-state index contributed by atoms with van der Waals surface area (Å²) >= 11 is 0. The normalized spacial score (nSPS) is 19.0. The first kappa shape index (κ1) is 13.3. The molecule has 100 valence electrons. The average molecular weight is 263 g/mol. The zero-order valence-corrected chi connectivity index (χ0v) is 10.3. The van der Waals surface area contributed by atoms with E-state index >= 15 is 0 Å². The van der Waals surface area contributed by atoms with E-state index < -0.39 is 23.7 Å². The molecule has 19 heavy (non-hydrogen) atoms. The number of hydrogen-bond donors (Lipinski definition) is 1. The van der Waals surface area contributed by atoms with E-state index in [4.69, 9.17) is 5.11 Å². The van der Waals surface area contributed by atoms with Crippen molar-refractivity contribution < 1.29 is 19.1 Å². The van der Waals surface area contributed by atoms with Crippen LogP contribution in [0, 0.1) is 5.82 Å². The molecule has 1 aromatic carbocycles. The molecule has 1 aliphatic rings. The molecule has 5 heteroatoms. The van der Waals surface area contributed by atoms with Crippen LogP contribution < -0.4 is 0 Å². The van der Waals surface area contributed by atoms with Gasteiger partial charge in [-0.05, 0) is 25.0 Å². The number of carbonyl (C=O) groups is 2. The molecule has 0 spiro atoms. The fraction of sp³-hybridized carbons (Fsp3) is 0.286. The van der Waals surface area contributed by atoms with E-state index in [9.17, 15) is 14.0 Å². The van der Waals surface area contributed by atoms with Crippen molar-refractivity contribution in [1.82, 2.24) is 4.90 Å². The Balaban J connectivity index is 2.09. The van der Waals surface area contributed by atoms with Crippen molar-refractivity contribution in [2.45, 2.75) is 18.9 Å². The predicted molar refractivity (Wildman–Crippen MR) is 67.8 cm³/mol. The first-order valence-electron chi connectivity index (χ1n) is 6.05. The summed E-state index contributed by atoms with van der Waals surface area (Å²) in [5.74, 6) is -1.80. The Bertz CT molecular complexity index is 527. The zero-order valence-electron chi connectivity index (χ0n) is 10.3. The van der Waals surface area contributed by atoms with Gasteiger partial charge in [0, 0.05) is 18.2 Å². The maximum absolute atomic E-state index is 13.4. The summed E-state index contributed by atoms with van der Waals surface area (Å²) < 4.78 is 13.4. The first-order chi connectivity index (χ1) is 9.09. The second kappa shape index (κ2) is 5.65. The fourth-order valence-electron chi connectivity index (χ4n) is 2.15. The lowest BCUT2D eigenvalue weighted by Crippen LogP contribution is -2.39. The van der Waals surface area contributed by atoms with Crippen LogP contribution in [0.2, 0.25) is 0 Å². The van der Waals surface area contributed by atoms with Crippen molar-refractivity contribution in [1.29, 1.82) is 0 Å². The SMILES string of the molecule is O=C(O)C1CCCN1C(=O)/C=C/c1ccccc1F. The third kappa shape index (κ3) is 2.99. The molecular formula is C14H14FNO3. The Morgan fingerprint density at radius 3 is 2.79 bits per heavy atom. The minimum absolute atomic E-state index is 0.307. The van der Waals surface area contributed by atoms with E-state index in [0.717, 1.165) is 0 Å². The summed E-state index contributed by atoms with van der Waals surface area (Å²) in [6.45, 7) is 0.428. The van der Waals surface area contributed by atoms with Crippen molar-refractivity contribution in [3.63, 3.8) is 0 Å². The maximum Gasteiger partial charge on any atom is 0.326 e. The molecule has 1 N–H and O–H groups in total. The molecule has 1 aromatic rings.